The second-order valence-corrected chi connectivity index (χ2v) is 2.21. The van der Waals surface area contributed by atoms with Crippen LogP contribution >= 0.6 is 0 Å². The number of nitrogens with two attached hydrogens (primary N) is 1. The van der Waals surface area contributed by atoms with Gasteiger partial charge in [0.15, 0.2) is 6.10 Å². The van der Waals surface area contributed by atoms with Gasteiger partial charge in [0, 0.05) is 0 Å². The molecule has 0 aromatic heterocycles. The molecule has 0 aliphatic carbocycles. The van der Waals surface area contributed by atoms with Gasteiger partial charge in [0.1, 0.15) is 6.54 Å². The zero-order valence-corrected chi connectivity index (χ0v) is 7.10. The Balaban J connectivity index is 3.83. The molecule has 8 heteroatoms. The van der Waals surface area contributed by atoms with Gasteiger partial charge >= 0.3 is 18.0 Å². The number of rotatable bonds is 4. The third-order valence-corrected chi connectivity index (χ3v) is 1.07. The summed E-state index contributed by atoms with van der Waals surface area (Å²) < 4.78 is 4.00. The molecule has 2 amide bonds. The van der Waals surface area contributed by atoms with Crippen molar-refractivity contribution >= 4 is 18.0 Å². The van der Waals surface area contributed by atoms with Gasteiger partial charge in [0.2, 0.25) is 0 Å². The van der Waals surface area contributed by atoms with E-state index in [-0.39, 0.29) is 0 Å². The molecule has 0 saturated heterocycles. The molecule has 0 rings (SSSR count). The number of primary amides is 1. The lowest BCUT2D eigenvalue weighted by molar-refractivity contribution is -0.166. The highest BCUT2D eigenvalue weighted by atomic mass is 16.6. The van der Waals surface area contributed by atoms with Crippen molar-refractivity contribution in [1.29, 1.82) is 0 Å². The van der Waals surface area contributed by atoms with Crippen molar-refractivity contribution < 1.29 is 29.3 Å². The van der Waals surface area contributed by atoms with Crippen molar-refractivity contribution in [3.8, 4) is 0 Å². The molecule has 0 aromatic carbocycles. The van der Waals surface area contributed by atoms with Gasteiger partial charge in [-0.1, -0.05) is 0 Å². The quantitative estimate of drug-likeness (QED) is 0.287. The minimum Gasteiger partial charge on any atom is -0.393 e. The number of hydrogen-bond donors (Lipinski definition) is 4. The van der Waals surface area contributed by atoms with Crippen molar-refractivity contribution in [2.24, 2.45) is 5.73 Å². The topological polar surface area (TPSA) is 139 Å². The molecule has 0 aliphatic heterocycles. The van der Waals surface area contributed by atoms with E-state index in [1.54, 1.807) is 0 Å². The third kappa shape index (κ3) is 5.06. The number of carbonyl (C=O) groups is 3. The molecule has 0 spiro atoms. The molecule has 0 aliphatic rings. The normalized spacial score (nSPS) is 11.6. The second-order valence-electron chi connectivity index (χ2n) is 2.21. The fourth-order valence-corrected chi connectivity index (χ4v) is 0.450. The molecule has 0 fully saturated rings. The molecule has 8 nitrogen and oxygen atoms in total. The number of carbonyl (C=O) groups excluding carboxylic acids is 3. The van der Waals surface area contributed by atoms with Gasteiger partial charge < -0.3 is 26.0 Å². The standard InChI is InChI=1S/C6H10N2O6/c7-6(13)8-1-4(11)14-5(12)3(10)2-9/h3,9-10H,1-2H2,(H3,7,8,13). The predicted octanol–water partition coefficient (Wildman–Crippen LogP) is -2.92. The largest absolute Gasteiger partial charge is 0.393 e. The van der Waals surface area contributed by atoms with Crippen LogP contribution in [-0.2, 0) is 14.3 Å². The minimum atomic E-state index is -1.77. The van der Waals surface area contributed by atoms with Crippen molar-refractivity contribution in [3.63, 3.8) is 0 Å². The van der Waals surface area contributed by atoms with E-state index in [0.717, 1.165) is 0 Å². The van der Waals surface area contributed by atoms with Gasteiger partial charge in [-0.05, 0) is 0 Å². The van der Waals surface area contributed by atoms with Crippen molar-refractivity contribution in [2.45, 2.75) is 6.10 Å². The Morgan fingerprint density at radius 1 is 1.43 bits per heavy atom. The molecule has 5 N–H and O–H groups in total. The lowest BCUT2D eigenvalue weighted by atomic mass is 10.4. The van der Waals surface area contributed by atoms with E-state index in [1.165, 1.54) is 0 Å². The molecule has 80 valence electrons. The summed E-state index contributed by atoms with van der Waals surface area (Å²) in [5.74, 6) is -2.37. The molecule has 0 heterocycles. The summed E-state index contributed by atoms with van der Waals surface area (Å²) in [6.07, 6.45) is -1.77. The van der Waals surface area contributed by atoms with E-state index in [2.05, 4.69) is 10.5 Å². The van der Waals surface area contributed by atoms with E-state index in [9.17, 15) is 14.4 Å². The summed E-state index contributed by atoms with van der Waals surface area (Å²) in [5.41, 5.74) is 4.63. The number of aliphatic hydroxyl groups is 2. The maximum atomic E-state index is 10.7. The number of urea groups is 1. The predicted molar refractivity (Wildman–Crippen MR) is 41.8 cm³/mol. The van der Waals surface area contributed by atoms with Crippen LogP contribution in [0.3, 0.4) is 0 Å². The summed E-state index contributed by atoms with van der Waals surface area (Å²) in [7, 11) is 0. The first kappa shape index (κ1) is 12.3. The number of nitrogens with one attached hydrogen (secondary N) is 1. The van der Waals surface area contributed by atoms with Gasteiger partial charge in [-0.25, -0.2) is 14.4 Å². The SMILES string of the molecule is NC(=O)NCC(=O)OC(=O)C(O)CO. The van der Waals surface area contributed by atoms with Gasteiger partial charge in [-0.15, -0.1) is 0 Å². The van der Waals surface area contributed by atoms with Crippen LogP contribution in [-0.4, -0.2) is 47.4 Å². The zero-order chi connectivity index (χ0) is 11.1. The first-order chi connectivity index (χ1) is 6.47. The molecule has 1 atom stereocenters. The molecule has 0 saturated carbocycles. The Morgan fingerprint density at radius 2 is 2.00 bits per heavy atom. The van der Waals surface area contributed by atoms with E-state index < -0.39 is 37.2 Å². The number of ether oxygens (including phenoxy) is 1. The van der Waals surface area contributed by atoms with Crippen LogP contribution in [0.2, 0.25) is 0 Å². The van der Waals surface area contributed by atoms with Crippen LogP contribution in [0.5, 0.6) is 0 Å². The number of hydrogen-bond acceptors (Lipinski definition) is 6. The molecule has 14 heavy (non-hydrogen) atoms. The monoisotopic (exact) mass is 206 g/mol. The van der Waals surface area contributed by atoms with Gasteiger partial charge in [-0.3, -0.25) is 0 Å². The van der Waals surface area contributed by atoms with Crippen molar-refractivity contribution in [2.75, 3.05) is 13.2 Å². The average molecular weight is 206 g/mol. The summed E-state index contributed by atoms with van der Waals surface area (Å²) >= 11 is 0. The number of amides is 2. The van der Waals surface area contributed by atoms with E-state index >= 15 is 0 Å². The Hall–Kier alpha value is -1.67. The summed E-state index contributed by atoms with van der Waals surface area (Å²) in [4.78, 5) is 31.4. The van der Waals surface area contributed by atoms with Gasteiger partial charge in [0.25, 0.3) is 0 Å². The van der Waals surface area contributed by atoms with Crippen LogP contribution in [0.25, 0.3) is 0 Å². The minimum absolute atomic E-state index is 0.584. The first-order valence-electron chi connectivity index (χ1n) is 3.54. The number of aliphatic hydroxyl groups excluding tert-OH is 2. The smallest absolute Gasteiger partial charge is 0.345 e. The van der Waals surface area contributed by atoms with Crippen LogP contribution in [0, 0.1) is 0 Å². The lowest BCUT2D eigenvalue weighted by Crippen LogP contribution is -2.37. The maximum absolute atomic E-state index is 10.7. The third-order valence-electron chi connectivity index (χ3n) is 1.07. The Morgan fingerprint density at radius 3 is 2.43 bits per heavy atom. The fraction of sp³-hybridized carbons (Fsp3) is 0.500. The van der Waals surface area contributed by atoms with Crippen LogP contribution < -0.4 is 11.1 Å². The maximum Gasteiger partial charge on any atom is 0.345 e. The highest BCUT2D eigenvalue weighted by molar-refractivity contribution is 5.90. The Kier molecular flexibility index (Phi) is 5.19. The fourth-order valence-electron chi connectivity index (χ4n) is 0.450. The Labute approximate surface area is 78.6 Å². The summed E-state index contributed by atoms with van der Waals surface area (Å²) in [5, 5.41) is 18.8. The molecular formula is C6H10N2O6. The van der Waals surface area contributed by atoms with Crippen LogP contribution in [0.1, 0.15) is 0 Å². The lowest BCUT2D eigenvalue weighted by Gasteiger charge is -2.06. The molecular weight excluding hydrogens is 196 g/mol. The zero-order valence-electron chi connectivity index (χ0n) is 7.10. The summed E-state index contributed by atoms with van der Waals surface area (Å²) in [6.45, 7) is -1.44. The van der Waals surface area contributed by atoms with Crippen molar-refractivity contribution in [1.82, 2.24) is 5.32 Å². The molecule has 0 radical (unpaired) electrons. The first-order valence-corrected chi connectivity index (χ1v) is 3.54. The molecule has 0 bridgehead atoms. The van der Waals surface area contributed by atoms with E-state index in [1.807, 2.05) is 5.32 Å². The van der Waals surface area contributed by atoms with Crippen molar-refractivity contribution in [3.05, 3.63) is 0 Å². The average Bonchev–Trinajstić information content (AvgIpc) is 2.13. The second kappa shape index (κ2) is 5.89. The van der Waals surface area contributed by atoms with Crippen LogP contribution in [0.4, 0.5) is 4.79 Å². The molecule has 1 unspecified atom stereocenters. The van der Waals surface area contributed by atoms with Crippen LogP contribution in [0.15, 0.2) is 0 Å². The van der Waals surface area contributed by atoms with Gasteiger partial charge in [0.05, 0.1) is 6.61 Å². The van der Waals surface area contributed by atoms with E-state index in [0.29, 0.717) is 0 Å². The van der Waals surface area contributed by atoms with Gasteiger partial charge in [-0.2, -0.15) is 0 Å². The molecule has 0 aromatic rings. The Bertz CT molecular complexity index is 240. The number of esters is 2. The summed E-state index contributed by atoms with van der Waals surface area (Å²) in [6, 6.07) is -0.947. The highest BCUT2D eigenvalue weighted by Crippen LogP contribution is 1.87. The van der Waals surface area contributed by atoms with E-state index in [4.69, 9.17) is 10.2 Å². The highest BCUT2D eigenvalue weighted by Gasteiger charge is 2.18.